The van der Waals surface area contributed by atoms with E-state index in [1.165, 1.54) is 0 Å². The van der Waals surface area contributed by atoms with Gasteiger partial charge in [0.1, 0.15) is 28.3 Å². The highest BCUT2D eigenvalue weighted by Crippen LogP contribution is 2.22. The molecule has 2 unspecified atom stereocenters. The minimum atomic E-state index is -0.885. The van der Waals surface area contributed by atoms with Crippen LogP contribution in [0.2, 0.25) is 10.3 Å². The summed E-state index contributed by atoms with van der Waals surface area (Å²) in [6.07, 6.45) is 2.78. The first-order chi connectivity index (χ1) is 18.4. The molecule has 7 nitrogen and oxygen atoms in total. The zero-order chi connectivity index (χ0) is 27.3. The van der Waals surface area contributed by atoms with Crippen molar-refractivity contribution in [1.29, 1.82) is 0 Å². The van der Waals surface area contributed by atoms with Crippen LogP contribution < -0.4 is 4.74 Å². The van der Waals surface area contributed by atoms with Crippen molar-refractivity contribution >= 4 is 23.2 Å². The molecule has 3 aromatic rings. The number of aromatic nitrogens is 2. The molecule has 0 bridgehead atoms. The first-order valence-corrected chi connectivity index (χ1v) is 13.8. The molecular weight excluding hydrogens is 525 g/mol. The molecule has 0 aliphatic carbocycles. The molecule has 0 amide bonds. The highest BCUT2D eigenvalue weighted by molar-refractivity contribution is 6.29. The topological polar surface area (TPSA) is 98.9 Å². The summed E-state index contributed by atoms with van der Waals surface area (Å²) in [6, 6.07) is 18.3. The first kappa shape index (κ1) is 30.3. The predicted molar refractivity (Wildman–Crippen MR) is 151 cm³/mol. The molecule has 0 saturated carbocycles. The molecule has 0 spiro atoms. The number of benzene rings is 1. The van der Waals surface area contributed by atoms with Gasteiger partial charge in [-0.1, -0.05) is 53.9 Å². The number of aliphatic hydroxyl groups is 3. The van der Waals surface area contributed by atoms with E-state index in [0.29, 0.717) is 34.7 Å². The number of aliphatic hydroxyl groups excluding tert-OH is 3. The number of rotatable bonds is 16. The Morgan fingerprint density at radius 3 is 1.87 bits per heavy atom. The third-order valence-electron chi connectivity index (χ3n) is 6.37. The molecule has 2 heterocycles. The van der Waals surface area contributed by atoms with Crippen molar-refractivity contribution in [3.05, 3.63) is 87.9 Å². The van der Waals surface area contributed by atoms with E-state index in [4.69, 9.17) is 33.0 Å². The number of nitrogens with zero attached hydrogens (tertiary/aromatic N) is 3. The lowest BCUT2D eigenvalue weighted by Gasteiger charge is -2.32. The number of hydrogen-bond acceptors (Lipinski definition) is 7. The van der Waals surface area contributed by atoms with Gasteiger partial charge < -0.3 is 20.1 Å². The Morgan fingerprint density at radius 2 is 1.34 bits per heavy atom. The molecule has 38 heavy (non-hydrogen) atoms. The molecule has 1 aromatic carbocycles. The summed E-state index contributed by atoms with van der Waals surface area (Å²) in [5, 5.41) is 31.4. The van der Waals surface area contributed by atoms with E-state index in [0.717, 1.165) is 37.0 Å². The standard InChI is InChI=1S/C29H37Cl2N3O4/c1-21(18-22-12-14-23(15-13-22)38-17-5-3-2-4-16-35)34(19-26(36)24-8-6-10-28(30)32-24)20-27(37)25-9-7-11-29(31)33-25/h6-15,21,26-27,35-37H,2-5,16-20H2,1H3/t21-,26?,27?/m1/s1. The van der Waals surface area contributed by atoms with Gasteiger partial charge >= 0.3 is 0 Å². The van der Waals surface area contributed by atoms with Gasteiger partial charge in [-0.15, -0.1) is 0 Å². The van der Waals surface area contributed by atoms with Crippen molar-refractivity contribution < 1.29 is 20.1 Å². The second-order valence-corrected chi connectivity index (χ2v) is 10.2. The maximum Gasteiger partial charge on any atom is 0.129 e. The maximum atomic E-state index is 10.9. The van der Waals surface area contributed by atoms with E-state index < -0.39 is 12.2 Å². The number of pyridine rings is 2. The summed E-state index contributed by atoms with van der Waals surface area (Å²) in [7, 11) is 0. The Balaban J connectivity index is 1.64. The molecule has 0 saturated heterocycles. The third-order valence-corrected chi connectivity index (χ3v) is 6.79. The van der Waals surface area contributed by atoms with Crippen LogP contribution in [0.4, 0.5) is 0 Å². The van der Waals surface area contributed by atoms with Crippen molar-refractivity contribution in [3.8, 4) is 5.75 Å². The van der Waals surface area contributed by atoms with Crippen LogP contribution in [0.15, 0.2) is 60.7 Å². The summed E-state index contributed by atoms with van der Waals surface area (Å²) in [5.74, 6) is 0.824. The predicted octanol–water partition coefficient (Wildman–Crippen LogP) is 5.42. The lowest BCUT2D eigenvalue weighted by molar-refractivity contribution is 0.0452. The quantitative estimate of drug-likeness (QED) is 0.159. The number of ether oxygens (including phenoxy) is 1. The molecule has 2 aromatic heterocycles. The third kappa shape index (κ3) is 10.1. The van der Waals surface area contributed by atoms with Crippen LogP contribution in [0, 0.1) is 0 Å². The Hall–Kier alpha value is -2.26. The van der Waals surface area contributed by atoms with E-state index in [2.05, 4.69) is 16.9 Å². The zero-order valence-corrected chi connectivity index (χ0v) is 23.2. The highest BCUT2D eigenvalue weighted by atomic mass is 35.5. The average Bonchev–Trinajstić information content (AvgIpc) is 2.91. The zero-order valence-electron chi connectivity index (χ0n) is 21.7. The van der Waals surface area contributed by atoms with Gasteiger partial charge in [0, 0.05) is 25.7 Å². The van der Waals surface area contributed by atoms with Gasteiger partial charge in [0.2, 0.25) is 0 Å². The van der Waals surface area contributed by atoms with Crippen molar-refractivity contribution in [2.24, 2.45) is 0 Å². The van der Waals surface area contributed by atoms with E-state index in [9.17, 15) is 10.2 Å². The summed E-state index contributed by atoms with van der Waals surface area (Å²) in [6.45, 7) is 3.46. The SMILES string of the molecule is C[C@H](Cc1ccc(OCCCCCCO)cc1)N(CC(O)c1cccc(Cl)n1)CC(O)c1cccc(Cl)n1. The van der Waals surface area contributed by atoms with Crippen LogP contribution in [-0.4, -0.2) is 62.5 Å². The molecule has 0 radical (unpaired) electrons. The highest BCUT2D eigenvalue weighted by Gasteiger charge is 2.24. The number of hydrogen-bond donors (Lipinski definition) is 3. The van der Waals surface area contributed by atoms with Gasteiger partial charge in [0.25, 0.3) is 0 Å². The normalized spacial score (nSPS) is 13.9. The fourth-order valence-electron chi connectivity index (χ4n) is 4.23. The van der Waals surface area contributed by atoms with Crippen molar-refractivity contribution in [2.75, 3.05) is 26.3 Å². The molecule has 3 N–H and O–H groups in total. The van der Waals surface area contributed by atoms with Gasteiger partial charge in [-0.25, -0.2) is 9.97 Å². The van der Waals surface area contributed by atoms with Gasteiger partial charge in [-0.2, -0.15) is 0 Å². The van der Waals surface area contributed by atoms with Crippen LogP contribution >= 0.6 is 23.2 Å². The fourth-order valence-corrected chi connectivity index (χ4v) is 4.57. The van der Waals surface area contributed by atoms with Crippen molar-refractivity contribution in [3.63, 3.8) is 0 Å². The van der Waals surface area contributed by atoms with E-state index in [1.807, 2.05) is 29.2 Å². The van der Waals surface area contributed by atoms with E-state index >= 15 is 0 Å². The van der Waals surface area contributed by atoms with Crippen molar-refractivity contribution in [1.82, 2.24) is 14.9 Å². The Bertz CT molecular complexity index is 1050. The largest absolute Gasteiger partial charge is 0.494 e. The monoisotopic (exact) mass is 561 g/mol. The summed E-state index contributed by atoms with van der Waals surface area (Å²) < 4.78 is 5.84. The number of unbranched alkanes of at least 4 members (excludes halogenated alkanes) is 3. The van der Waals surface area contributed by atoms with Crippen LogP contribution in [-0.2, 0) is 6.42 Å². The van der Waals surface area contributed by atoms with Crippen LogP contribution in [0.5, 0.6) is 5.75 Å². The molecule has 3 atom stereocenters. The lowest BCUT2D eigenvalue weighted by Crippen LogP contribution is -2.40. The Morgan fingerprint density at radius 1 is 0.789 bits per heavy atom. The summed E-state index contributed by atoms with van der Waals surface area (Å²) >= 11 is 12.1. The average molecular weight is 563 g/mol. The molecule has 3 rings (SSSR count). The second kappa shape index (κ2) is 16.0. The smallest absolute Gasteiger partial charge is 0.129 e. The van der Waals surface area contributed by atoms with E-state index in [-0.39, 0.29) is 25.7 Å². The molecule has 0 aliphatic heterocycles. The number of halogens is 2. The molecule has 206 valence electrons. The van der Waals surface area contributed by atoms with E-state index in [1.54, 1.807) is 36.4 Å². The second-order valence-electron chi connectivity index (χ2n) is 9.44. The first-order valence-electron chi connectivity index (χ1n) is 13.0. The van der Waals surface area contributed by atoms with Gasteiger partial charge in [0.15, 0.2) is 0 Å². The fraction of sp³-hybridized carbons (Fsp3) is 0.448. The van der Waals surface area contributed by atoms with Gasteiger partial charge in [-0.3, -0.25) is 4.90 Å². The lowest BCUT2D eigenvalue weighted by atomic mass is 10.0. The molecule has 9 heteroatoms. The van der Waals surface area contributed by atoms with Crippen LogP contribution in [0.1, 0.15) is 61.8 Å². The molecule has 0 fully saturated rings. The molecule has 0 aliphatic rings. The van der Waals surface area contributed by atoms with Gasteiger partial charge in [0.05, 0.1) is 18.0 Å². The van der Waals surface area contributed by atoms with Crippen LogP contribution in [0.3, 0.4) is 0 Å². The van der Waals surface area contributed by atoms with Crippen LogP contribution in [0.25, 0.3) is 0 Å². The molecular formula is C29H37Cl2N3O4. The summed E-state index contributed by atoms with van der Waals surface area (Å²) in [4.78, 5) is 10.5. The summed E-state index contributed by atoms with van der Waals surface area (Å²) in [5.41, 5.74) is 2.06. The Labute approximate surface area is 235 Å². The minimum absolute atomic E-state index is 0.0176. The Kier molecular flexibility index (Phi) is 12.7. The maximum absolute atomic E-state index is 10.9. The van der Waals surface area contributed by atoms with Gasteiger partial charge in [-0.05, 0) is 74.6 Å². The van der Waals surface area contributed by atoms with Crippen molar-refractivity contribution in [2.45, 2.75) is 57.3 Å². The minimum Gasteiger partial charge on any atom is -0.494 e.